The normalized spacial score (nSPS) is 43.2. The molecule has 4 aliphatic carbocycles. The fourth-order valence-corrected chi connectivity index (χ4v) is 8.75. The molecule has 0 unspecified atom stereocenters. The van der Waals surface area contributed by atoms with E-state index in [1.165, 1.54) is 50.5 Å². The molecule has 30 heavy (non-hydrogen) atoms. The average molecular weight is 411 g/mol. The maximum Gasteiger partial charge on any atom is 0.155 e. The van der Waals surface area contributed by atoms with Gasteiger partial charge in [0.05, 0.1) is 0 Å². The van der Waals surface area contributed by atoms with Crippen molar-refractivity contribution in [1.29, 1.82) is 0 Å². The van der Waals surface area contributed by atoms with Gasteiger partial charge in [0.25, 0.3) is 0 Å². The molecule has 4 rings (SSSR count). The smallest absolute Gasteiger partial charge is 0.155 e. The number of carbonyl (C=O) groups is 1. The molecule has 0 saturated heterocycles. The van der Waals surface area contributed by atoms with Gasteiger partial charge in [-0.25, -0.2) is 0 Å². The van der Waals surface area contributed by atoms with E-state index in [1.807, 2.05) is 0 Å². The van der Waals surface area contributed by atoms with E-state index in [9.17, 15) is 4.79 Å². The summed E-state index contributed by atoms with van der Waals surface area (Å²) in [6.45, 7) is 14.7. The Morgan fingerprint density at radius 3 is 2.47 bits per heavy atom. The molecule has 0 spiro atoms. The number of ketones is 1. The molecule has 4 aliphatic rings. The Balaban J connectivity index is 1.52. The van der Waals surface area contributed by atoms with Crippen LogP contribution in [0.2, 0.25) is 0 Å². The zero-order chi connectivity index (χ0) is 21.7. The minimum Gasteiger partial charge on any atom is -0.295 e. The minimum atomic E-state index is 0.313. The lowest BCUT2D eigenvalue weighted by molar-refractivity contribution is -0.117. The highest BCUT2D eigenvalue weighted by atomic mass is 16.1. The third kappa shape index (κ3) is 3.57. The van der Waals surface area contributed by atoms with Gasteiger partial charge >= 0.3 is 0 Å². The van der Waals surface area contributed by atoms with Crippen LogP contribution in [-0.4, -0.2) is 5.78 Å². The molecule has 1 heteroatoms. The lowest BCUT2D eigenvalue weighted by Crippen LogP contribution is -2.50. The van der Waals surface area contributed by atoms with Crippen molar-refractivity contribution in [2.24, 2.45) is 52.3 Å². The first-order valence-corrected chi connectivity index (χ1v) is 13.1. The molecule has 0 aliphatic heterocycles. The Kier molecular flexibility index (Phi) is 6.15. The number of fused-ring (bicyclic) bond motifs is 5. The maximum absolute atomic E-state index is 12.1. The summed E-state index contributed by atoms with van der Waals surface area (Å²) in [5.41, 5.74) is 2.34. The molecule has 0 bridgehead atoms. The maximum atomic E-state index is 12.1. The van der Waals surface area contributed by atoms with Crippen LogP contribution in [0.4, 0.5) is 0 Å². The SMILES string of the molecule is CC[C@H](C=C[C@H](C)[C@H]1CC[C@H]2[C@@H]3CCC4=CC(=O)CC[C@]4(C)[C@H]3CC[C@]12C)C(C)C. The van der Waals surface area contributed by atoms with Crippen molar-refractivity contribution < 1.29 is 4.79 Å². The van der Waals surface area contributed by atoms with Crippen molar-refractivity contribution in [2.75, 3.05) is 0 Å². The van der Waals surface area contributed by atoms with Crippen LogP contribution < -0.4 is 0 Å². The van der Waals surface area contributed by atoms with E-state index in [1.54, 1.807) is 0 Å². The van der Waals surface area contributed by atoms with E-state index in [0.717, 1.165) is 48.3 Å². The first-order valence-electron chi connectivity index (χ1n) is 13.1. The van der Waals surface area contributed by atoms with Crippen molar-refractivity contribution in [3.8, 4) is 0 Å². The predicted octanol–water partition coefficient (Wildman–Crippen LogP) is 8.01. The van der Waals surface area contributed by atoms with Gasteiger partial charge < -0.3 is 0 Å². The molecule has 168 valence electrons. The van der Waals surface area contributed by atoms with Crippen molar-refractivity contribution in [3.05, 3.63) is 23.8 Å². The Morgan fingerprint density at radius 1 is 1.00 bits per heavy atom. The lowest BCUT2D eigenvalue weighted by Gasteiger charge is -2.58. The Hall–Kier alpha value is -0.850. The van der Waals surface area contributed by atoms with Gasteiger partial charge in [-0.15, -0.1) is 0 Å². The quantitative estimate of drug-likeness (QED) is 0.419. The molecule has 8 atom stereocenters. The van der Waals surface area contributed by atoms with Crippen molar-refractivity contribution in [1.82, 2.24) is 0 Å². The third-order valence-corrected chi connectivity index (χ3v) is 10.7. The Bertz CT molecular complexity index is 714. The van der Waals surface area contributed by atoms with Crippen LogP contribution >= 0.6 is 0 Å². The van der Waals surface area contributed by atoms with Crippen LogP contribution in [0, 0.1) is 52.3 Å². The third-order valence-electron chi connectivity index (χ3n) is 10.7. The Labute approximate surface area is 186 Å². The van der Waals surface area contributed by atoms with Crippen molar-refractivity contribution in [2.45, 2.75) is 99.3 Å². The summed E-state index contributed by atoms with van der Waals surface area (Å²) in [6, 6.07) is 0. The van der Waals surface area contributed by atoms with Crippen LogP contribution in [0.5, 0.6) is 0 Å². The number of carbonyl (C=O) groups excluding carboxylic acids is 1. The fourth-order valence-electron chi connectivity index (χ4n) is 8.75. The van der Waals surface area contributed by atoms with Gasteiger partial charge in [0, 0.05) is 6.42 Å². The molecule has 0 aromatic rings. The van der Waals surface area contributed by atoms with Gasteiger partial charge in [0.2, 0.25) is 0 Å². The zero-order valence-electron chi connectivity index (χ0n) is 20.5. The summed E-state index contributed by atoms with van der Waals surface area (Å²) < 4.78 is 0. The molecule has 3 fully saturated rings. The average Bonchev–Trinajstić information content (AvgIpc) is 3.06. The van der Waals surface area contributed by atoms with Crippen LogP contribution in [-0.2, 0) is 4.79 Å². The summed E-state index contributed by atoms with van der Waals surface area (Å²) in [4.78, 5) is 12.1. The van der Waals surface area contributed by atoms with Crippen LogP contribution in [0.1, 0.15) is 99.3 Å². The second-order valence-corrected chi connectivity index (χ2v) is 12.3. The monoisotopic (exact) mass is 410 g/mol. The van der Waals surface area contributed by atoms with Gasteiger partial charge in [-0.1, -0.05) is 59.3 Å². The predicted molar refractivity (Wildman–Crippen MR) is 127 cm³/mol. The van der Waals surface area contributed by atoms with E-state index in [-0.39, 0.29) is 0 Å². The highest BCUT2D eigenvalue weighted by Gasteiger charge is 2.59. The number of hydrogen-bond acceptors (Lipinski definition) is 1. The van der Waals surface area contributed by atoms with E-state index in [4.69, 9.17) is 0 Å². The zero-order valence-corrected chi connectivity index (χ0v) is 20.5. The highest BCUT2D eigenvalue weighted by Crippen LogP contribution is 2.67. The fraction of sp³-hybridized carbons (Fsp3) is 0.828. The summed E-state index contributed by atoms with van der Waals surface area (Å²) in [7, 11) is 0. The van der Waals surface area contributed by atoms with Crippen LogP contribution in [0.15, 0.2) is 23.8 Å². The first-order chi connectivity index (χ1) is 14.2. The number of rotatable bonds is 5. The second-order valence-electron chi connectivity index (χ2n) is 12.3. The lowest BCUT2D eigenvalue weighted by atomic mass is 9.46. The standard InChI is InChI=1S/C29H46O/c1-7-21(19(2)3)9-8-20(4)25-12-13-26-24-11-10-22-18-23(30)14-16-28(22,5)27(24)15-17-29(25,26)6/h8-9,18-21,24-27H,7,10-17H2,1-6H3/t20-,21+,24-,25+,26-,27-,28-,29+/m0/s1. The topological polar surface area (TPSA) is 17.1 Å². The van der Waals surface area contributed by atoms with Gasteiger partial charge in [-0.05, 0) is 110 Å². The van der Waals surface area contributed by atoms with Gasteiger partial charge in [0.1, 0.15) is 0 Å². The highest BCUT2D eigenvalue weighted by molar-refractivity contribution is 5.91. The summed E-state index contributed by atoms with van der Waals surface area (Å²) >= 11 is 0. The molecule has 0 amide bonds. The van der Waals surface area contributed by atoms with Crippen molar-refractivity contribution >= 4 is 5.78 Å². The van der Waals surface area contributed by atoms with Crippen LogP contribution in [0.25, 0.3) is 0 Å². The molecular weight excluding hydrogens is 364 g/mol. The summed E-state index contributed by atoms with van der Waals surface area (Å²) in [5.74, 6) is 6.01. The summed E-state index contributed by atoms with van der Waals surface area (Å²) in [5, 5.41) is 0. The van der Waals surface area contributed by atoms with E-state index < -0.39 is 0 Å². The van der Waals surface area contributed by atoms with Gasteiger partial charge in [0.15, 0.2) is 5.78 Å². The molecule has 0 radical (unpaired) electrons. The van der Waals surface area contributed by atoms with E-state index >= 15 is 0 Å². The molecule has 1 nitrogen and oxygen atoms in total. The van der Waals surface area contributed by atoms with E-state index in [2.05, 4.69) is 59.8 Å². The molecule has 3 saturated carbocycles. The molecular formula is C29H46O. The van der Waals surface area contributed by atoms with Crippen LogP contribution in [0.3, 0.4) is 0 Å². The van der Waals surface area contributed by atoms with Gasteiger partial charge in [-0.3, -0.25) is 4.79 Å². The molecule has 0 heterocycles. The Morgan fingerprint density at radius 2 is 1.77 bits per heavy atom. The van der Waals surface area contributed by atoms with Crippen molar-refractivity contribution in [3.63, 3.8) is 0 Å². The molecule has 0 N–H and O–H groups in total. The number of hydrogen-bond donors (Lipinski definition) is 0. The number of allylic oxidation sites excluding steroid dienone is 3. The largest absolute Gasteiger partial charge is 0.295 e. The summed E-state index contributed by atoms with van der Waals surface area (Å²) in [6.07, 6.45) is 18.5. The minimum absolute atomic E-state index is 0.313. The molecule has 0 aromatic heterocycles. The van der Waals surface area contributed by atoms with Gasteiger partial charge in [-0.2, -0.15) is 0 Å². The second kappa shape index (κ2) is 8.25. The van der Waals surface area contributed by atoms with E-state index in [0.29, 0.717) is 22.5 Å². The molecule has 0 aromatic carbocycles. The first kappa shape index (κ1) is 22.3.